The summed E-state index contributed by atoms with van der Waals surface area (Å²) < 4.78 is 0. The van der Waals surface area contributed by atoms with Crippen LogP contribution in [0.5, 0.6) is 0 Å². The Bertz CT molecular complexity index is 255. The highest BCUT2D eigenvalue weighted by molar-refractivity contribution is 5.25. The van der Waals surface area contributed by atoms with Crippen molar-refractivity contribution in [2.24, 2.45) is 5.73 Å². The Morgan fingerprint density at radius 1 is 1.38 bits per heavy atom. The standard InChI is InChI=1S/C12H19N/c1-3-5-12(9-13)11-7-4-6-10(2)8-11/h4,6-8,12H,3,5,9,13H2,1-2H3. The Morgan fingerprint density at radius 2 is 2.15 bits per heavy atom. The number of rotatable bonds is 4. The summed E-state index contributed by atoms with van der Waals surface area (Å²) in [5, 5.41) is 0. The van der Waals surface area contributed by atoms with E-state index in [9.17, 15) is 0 Å². The van der Waals surface area contributed by atoms with Gasteiger partial charge in [-0.25, -0.2) is 0 Å². The lowest BCUT2D eigenvalue weighted by molar-refractivity contribution is 0.622. The van der Waals surface area contributed by atoms with Crippen LogP contribution in [0.25, 0.3) is 0 Å². The van der Waals surface area contributed by atoms with E-state index in [4.69, 9.17) is 5.73 Å². The molecular weight excluding hydrogens is 158 g/mol. The smallest absolute Gasteiger partial charge is 0.000824 e. The number of hydrogen-bond acceptors (Lipinski definition) is 1. The van der Waals surface area contributed by atoms with Gasteiger partial charge in [-0.2, -0.15) is 0 Å². The van der Waals surface area contributed by atoms with E-state index in [0.717, 1.165) is 6.54 Å². The first-order chi connectivity index (χ1) is 6.27. The molecule has 2 N–H and O–H groups in total. The third-order valence-corrected chi connectivity index (χ3v) is 2.44. The summed E-state index contributed by atoms with van der Waals surface area (Å²) in [6.07, 6.45) is 2.40. The van der Waals surface area contributed by atoms with Crippen molar-refractivity contribution >= 4 is 0 Å². The molecule has 1 unspecified atom stereocenters. The summed E-state index contributed by atoms with van der Waals surface area (Å²) in [4.78, 5) is 0. The average molecular weight is 177 g/mol. The zero-order valence-corrected chi connectivity index (χ0v) is 8.59. The van der Waals surface area contributed by atoms with Crippen LogP contribution in [-0.2, 0) is 0 Å². The number of benzene rings is 1. The molecule has 1 atom stereocenters. The molecule has 1 aromatic rings. The normalized spacial score (nSPS) is 12.8. The lowest BCUT2D eigenvalue weighted by atomic mass is 9.94. The first kappa shape index (κ1) is 10.3. The maximum Gasteiger partial charge on any atom is -0.000824 e. The molecule has 0 aliphatic rings. The average Bonchev–Trinajstić information content (AvgIpc) is 2.14. The predicted octanol–water partition coefficient (Wildman–Crippen LogP) is 2.84. The van der Waals surface area contributed by atoms with E-state index >= 15 is 0 Å². The lowest BCUT2D eigenvalue weighted by Gasteiger charge is -2.14. The molecule has 0 saturated carbocycles. The van der Waals surface area contributed by atoms with Crippen molar-refractivity contribution < 1.29 is 0 Å². The summed E-state index contributed by atoms with van der Waals surface area (Å²) in [7, 11) is 0. The van der Waals surface area contributed by atoms with Crippen molar-refractivity contribution in [3.05, 3.63) is 35.4 Å². The van der Waals surface area contributed by atoms with Gasteiger partial charge in [0.05, 0.1) is 0 Å². The van der Waals surface area contributed by atoms with Gasteiger partial charge in [-0.15, -0.1) is 0 Å². The molecule has 0 saturated heterocycles. The van der Waals surface area contributed by atoms with Gasteiger partial charge in [0.2, 0.25) is 0 Å². The van der Waals surface area contributed by atoms with Crippen molar-refractivity contribution in [2.45, 2.75) is 32.6 Å². The Kier molecular flexibility index (Phi) is 3.97. The highest BCUT2D eigenvalue weighted by Gasteiger charge is 2.07. The molecule has 0 spiro atoms. The number of aryl methyl sites for hydroxylation is 1. The molecule has 0 radical (unpaired) electrons. The van der Waals surface area contributed by atoms with Crippen molar-refractivity contribution in [1.29, 1.82) is 0 Å². The molecule has 1 heteroatoms. The van der Waals surface area contributed by atoms with Crippen molar-refractivity contribution in [3.8, 4) is 0 Å². The fourth-order valence-corrected chi connectivity index (χ4v) is 1.69. The molecule has 1 aromatic carbocycles. The first-order valence-electron chi connectivity index (χ1n) is 5.04. The van der Waals surface area contributed by atoms with Crippen LogP contribution in [0.2, 0.25) is 0 Å². The van der Waals surface area contributed by atoms with Crippen LogP contribution >= 0.6 is 0 Å². The van der Waals surface area contributed by atoms with Gasteiger partial charge in [0.15, 0.2) is 0 Å². The van der Waals surface area contributed by atoms with Gasteiger partial charge in [0, 0.05) is 0 Å². The van der Waals surface area contributed by atoms with E-state index < -0.39 is 0 Å². The van der Waals surface area contributed by atoms with E-state index in [-0.39, 0.29) is 0 Å². The molecule has 0 aliphatic heterocycles. The molecular formula is C12H19N. The maximum atomic E-state index is 5.74. The van der Waals surface area contributed by atoms with Crippen LogP contribution in [-0.4, -0.2) is 6.54 Å². The molecule has 1 nitrogen and oxygen atoms in total. The Labute approximate surface area is 81.0 Å². The molecule has 0 bridgehead atoms. The minimum Gasteiger partial charge on any atom is -0.330 e. The van der Waals surface area contributed by atoms with Crippen molar-refractivity contribution in [1.82, 2.24) is 0 Å². The second kappa shape index (κ2) is 5.03. The number of nitrogens with two attached hydrogens (primary N) is 1. The fraction of sp³-hybridized carbons (Fsp3) is 0.500. The molecule has 0 heterocycles. The van der Waals surface area contributed by atoms with Crippen molar-refractivity contribution in [3.63, 3.8) is 0 Å². The van der Waals surface area contributed by atoms with E-state index in [1.807, 2.05) is 0 Å². The minimum atomic E-state index is 0.546. The fourth-order valence-electron chi connectivity index (χ4n) is 1.69. The summed E-state index contributed by atoms with van der Waals surface area (Å²) >= 11 is 0. The van der Waals surface area contributed by atoms with Crippen molar-refractivity contribution in [2.75, 3.05) is 6.54 Å². The second-order valence-corrected chi connectivity index (χ2v) is 3.64. The van der Waals surface area contributed by atoms with Gasteiger partial charge in [-0.3, -0.25) is 0 Å². The van der Waals surface area contributed by atoms with Gasteiger partial charge in [-0.05, 0) is 31.4 Å². The summed E-state index contributed by atoms with van der Waals surface area (Å²) in [6.45, 7) is 5.10. The minimum absolute atomic E-state index is 0.546. The third kappa shape index (κ3) is 2.85. The van der Waals surface area contributed by atoms with Crippen LogP contribution in [0.3, 0.4) is 0 Å². The molecule has 0 amide bonds. The van der Waals surface area contributed by atoms with Crippen LogP contribution in [0, 0.1) is 6.92 Å². The quantitative estimate of drug-likeness (QED) is 0.752. The van der Waals surface area contributed by atoms with Gasteiger partial charge in [0.1, 0.15) is 0 Å². The first-order valence-corrected chi connectivity index (χ1v) is 5.04. The summed E-state index contributed by atoms with van der Waals surface area (Å²) in [5.74, 6) is 0.546. The molecule has 0 fully saturated rings. The van der Waals surface area contributed by atoms with E-state index in [0.29, 0.717) is 5.92 Å². The Hall–Kier alpha value is -0.820. The molecule has 0 aliphatic carbocycles. The van der Waals surface area contributed by atoms with Crippen LogP contribution in [0.4, 0.5) is 0 Å². The van der Waals surface area contributed by atoms with Crippen LogP contribution in [0.1, 0.15) is 36.8 Å². The predicted molar refractivity (Wildman–Crippen MR) is 57.9 cm³/mol. The zero-order chi connectivity index (χ0) is 9.68. The second-order valence-electron chi connectivity index (χ2n) is 3.64. The third-order valence-electron chi connectivity index (χ3n) is 2.44. The van der Waals surface area contributed by atoms with E-state index in [2.05, 4.69) is 38.1 Å². The molecule has 0 aromatic heterocycles. The van der Waals surface area contributed by atoms with Gasteiger partial charge < -0.3 is 5.73 Å². The summed E-state index contributed by atoms with van der Waals surface area (Å²) in [5.41, 5.74) is 8.46. The SMILES string of the molecule is CCCC(CN)c1cccc(C)c1. The lowest BCUT2D eigenvalue weighted by Crippen LogP contribution is -2.12. The van der Waals surface area contributed by atoms with Gasteiger partial charge >= 0.3 is 0 Å². The number of hydrogen-bond donors (Lipinski definition) is 1. The molecule has 13 heavy (non-hydrogen) atoms. The Morgan fingerprint density at radius 3 is 2.69 bits per heavy atom. The van der Waals surface area contributed by atoms with E-state index in [1.165, 1.54) is 24.0 Å². The molecule has 1 rings (SSSR count). The topological polar surface area (TPSA) is 26.0 Å². The van der Waals surface area contributed by atoms with Gasteiger partial charge in [0.25, 0.3) is 0 Å². The molecule has 72 valence electrons. The maximum absolute atomic E-state index is 5.74. The van der Waals surface area contributed by atoms with Crippen LogP contribution in [0.15, 0.2) is 24.3 Å². The highest BCUT2D eigenvalue weighted by atomic mass is 14.5. The largest absolute Gasteiger partial charge is 0.330 e. The van der Waals surface area contributed by atoms with Gasteiger partial charge in [-0.1, -0.05) is 43.2 Å². The summed E-state index contributed by atoms with van der Waals surface area (Å²) in [6, 6.07) is 8.67. The zero-order valence-electron chi connectivity index (χ0n) is 8.59. The Balaban J connectivity index is 2.78. The van der Waals surface area contributed by atoms with E-state index in [1.54, 1.807) is 0 Å². The highest BCUT2D eigenvalue weighted by Crippen LogP contribution is 2.20. The van der Waals surface area contributed by atoms with Crippen LogP contribution < -0.4 is 5.73 Å². The monoisotopic (exact) mass is 177 g/mol.